The molecule has 1 N–H and O–H groups in total. The Morgan fingerprint density at radius 3 is 2.44 bits per heavy atom. The van der Waals surface area contributed by atoms with Crippen LogP contribution in [-0.2, 0) is 0 Å². The zero-order chi connectivity index (χ0) is 19.2. The predicted molar refractivity (Wildman–Crippen MR) is 102 cm³/mol. The summed E-state index contributed by atoms with van der Waals surface area (Å²) in [5.74, 6) is -0.539. The summed E-state index contributed by atoms with van der Waals surface area (Å²) >= 11 is 0. The number of nitro groups is 1. The molecule has 7 heteroatoms. The molecule has 0 unspecified atom stereocenters. The minimum Gasteiger partial charge on any atom is -0.267 e. The fourth-order valence-electron chi connectivity index (χ4n) is 2.49. The molecule has 7 nitrogen and oxygen atoms in total. The summed E-state index contributed by atoms with van der Waals surface area (Å²) in [6.45, 7) is 1.62. The smallest absolute Gasteiger partial charge is 0.267 e. The highest BCUT2D eigenvalue weighted by atomic mass is 16.6. The highest BCUT2D eigenvalue weighted by molar-refractivity contribution is 6.12. The summed E-state index contributed by atoms with van der Waals surface area (Å²) in [7, 11) is 0. The number of nitro benzene ring substituents is 1. The Morgan fingerprint density at radius 1 is 1.04 bits per heavy atom. The third-order valence-electron chi connectivity index (χ3n) is 3.89. The van der Waals surface area contributed by atoms with Crippen molar-refractivity contribution in [3.8, 4) is 0 Å². The van der Waals surface area contributed by atoms with Crippen LogP contribution in [0.2, 0.25) is 0 Å². The number of benzene rings is 2. The van der Waals surface area contributed by atoms with E-state index in [-0.39, 0.29) is 11.3 Å². The van der Waals surface area contributed by atoms with Gasteiger partial charge >= 0.3 is 0 Å². The van der Waals surface area contributed by atoms with Crippen molar-refractivity contribution in [1.82, 2.24) is 10.4 Å². The minimum atomic E-state index is -0.539. The zero-order valence-electron chi connectivity index (χ0n) is 14.5. The van der Waals surface area contributed by atoms with Gasteiger partial charge in [0.1, 0.15) is 5.71 Å². The van der Waals surface area contributed by atoms with E-state index in [9.17, 15) is 14.9 Å². The normalized spacial score (nSPS) is 11.1. The Hall–Kier alpha value is -3.87. The molecule has 0 bridgehead atoms. The van der Waals surface area contributed by atoms with Crippen LogP contribution in [0.1, 0.15) is 27.2 Å². The number of hydrogen-bond donors (Lipinski definition) is 1. The molecule has 0 aliphatic carbocycles. The van der Waals surface area contributed by atoms with Crippen molar-refractivity contribution in [2.24, 2.45) is 5.10 Å². The molecule has 0 saturated carbocycles. The SMILES string of the molecule is Cc1ccc(C(=O)N/N=C(/c2ccccc2)c2ccccn2)cc1[N+](=O)[O-]. The van der Waals surface area contributed by atoms with Gasteiger partial charge in [0.15, 0.2) is 0 Å². The Morgan fingerprint density at radius 2 is 1.78 bits per heavy atom. The van der Waals surface area contributed by atoms with Crippen molar-refractivity contribution in [2.45, 2.75) is 6.92 Å². The van der Waals surface area contributed by atoms with Crippen LogP contribution in [0.5, 0.6) is 0 Å². The maximum Gasteiger partial charge on any atom is 0.273 e. The molecule has 0 radical (unpaired) electrons. The van der Waals surface area contributed by atoms with E-state index in [1.54, 1.807) is 25.3 Å². The number of nitrogens with one attached hydrogen (secondary N) is 1. The van der Waals surface area contributed by atoms with Gasteiger partial charge in [0.2, 0.25) is 0 Å². The minimum absolute atomic E-state index is 0.111. The number of hydrogen-bond acceptors (Lipinski definition) is 5. The van der Waals surface area contributed by atoms with Gasteiger partial charge in [-0.15, -0.1) is 0 Å². The van der Waals surface area contributed by atoms with Crippen molar-refractivity contribution in [1.29, 1.82) is 0 Å². The second kappa shape index (κ2) is 8.01. The van der Waals surface area contributed by atoms with Crippen LogP contribution < -0.4 is 5.43 Å². The third kappa shape index (κ3) is 4.21. The van der Waals surface area contributed by atoms with Crippen LogP contribution in [0.4, 0.5) is 5.69 Å². The first kappa shape index (κ1) is 17.9. The maximum atomic E-state index is 12.4. The second-order valence-corrected chi connectivity index (χ2v) is 5.74. The molecule has 0 fully saturated rings. The van der Waals surface area contributed by atoms with E-state index in [1.807, 2.05) is 36.4 Å². The molecule has 1 heterocycles. The molecule has 134 valence electrons. The summed E-state index contributed by atoms with van der Waals surface area (Å²) < 4.78 is 0. The summed E-state index contributed by atoms with van der Waals surface area (Å²) in [5.41, 5.74) is 4.87. The summed E-state index contributed by atoms with van der Waals surface area (Å²) in [6.07, 6.45) is 1.64. The van der Waals surface area contributed by atoms with Crippen LogP contribution in [0.15, 0.2) is 78.0 Å². The van der Waals surface area contributed by atoms with Gasteiger partial charge in [-0.2, -0.15) is 5.10 Å². The van der Waals surface area contributed by atoms with Crippen LogP contribution in [0.3, 0.4) is 0 Å². The Balaban J connectivity index is 1.92. The van der Waals surface area contributed by atoms with Gasteiger partial charge in [-0.25, -0.2) is 5.43 Å². The van der Waals surface area contributed by atoms with Gasteiger partial charge in [-0.1, -0.05) is 42.5 Å². The first-order chi connectivity index (χ1) is 13.1. The average molecular weight is 360 g/mol. The second-order valence-electron chi connectivity index (χ2n) is 5.74. The lowest BCUT2D eigenvalue weighted by molar-refractivity contribution is -0.385. The molecular weight excluding hydrogens is 344 g/mol. The summed E-state index contributed by atoms with van der Waals surface area (Å²) in [4.78, 5) is 27.3. The van der Waals surface area contributed by atoms with Gasteiger partial charge in [0, 0.05) is 29.0 Å². The standard InChI is InChI=1S/C20H16N4O3/c1-14-10-11-16(13-18(14)24(26)27)20(25)23-22-19(15-7-3-2-4-8-15)17-9-5-6-12-21-17/h2-13H,1H3,(H,23,25)/b22-19-. The molecule has 0 saturated heterocycles. The lowest BCUT2D eigenvalue weighted by atomic mass is 10.1. The molecule has 0 atom stereocenters. The Labute approximate surface area is 155 Å². The van der Waals surface area contributed by atoms with Crippen molar-refractivity contribution < 1.29 is 9.72 Å². The van der Waals surface area contributed by atoms with Gasteiger partial charge in [-0.3, -0.25) is 19.9 Å². The van der Waals surface area contributed by atoms with Crippen LogP contribution in [0, 0.1) is 17.0 Å². The van der Waals surface area contributed by atoms with Crippen molar-refractivity contribution in [3.05, 3.63) is 105 Å². The molecular formula is C20H16N4O3. The molecule has 0 aliphatic rings. The van der Waals surface area contributed by atoms with E-state index in [4.69, 9.17) is 0 Å². The van der Waals surface area contributed by atoms with Crippen molar-refractivity contribution in [2.75, 3.05) is 0 Å². The van der Waals surface area contributed by atoms with Crippen LogP contribution in [-0.4, -0.2) is 21.5 Å². The quantitative estimate of drug-likeness (QED) is 0.428. The molecule has 3 aromatic rings. The zero-order valence-corrected chi connectivity index (χ0v) is 14.5. The van der Waals surface area contributed by atoms with Gasteiger partial charge < -0.3 is 0 Å². The number of carbonyl (C=O) groups excluding carboxylic acids is 1. The molecule has 1 aromatic heterocycles. The fraction of sp³-hybridized carbons (Fsp3) is 0.0500. The Bertz CT molecular complexity index is 961. The maximum absolute atomic E-state index is 12.4. The van der Waals surface area contributed by atoms with Crippen molar-refractivity contribution >= 4 is 17.3 Å². The number of aromatic nitrogens is 1. The lowest BCUT2D eigenvalue weighted by Gasteiger charge is -2.07. The topological polar surface area (TPSA) is 97.5 Å². The Kier molecular flexibility index (Phi) is 5.32. The van der Waals surface area contributed by atoms with Gasteiger partial charge in [0.05, 0.1) is 10.6 Å². The van der Waals surface area contributed by atoms with E-state index in [0.717, 1.165) is 5.56 Å². The number of aryl methyl sites for hydroxylation is 1. The van der Waals surface area contributed by atoms with E-state index in [1.165, 1.54) is 18.2 Å². The van der Waals surface area contributed by atoms with Crippen LogP contribution >= 0.6 is 0 Å². The van der Waals surface area contributed by atoms with E-state index in [2.05, 4.69) is 15.5 Å². The molecule has 1 amide bonds. The predicted octanol–water partition coefficient (Wildman–Crippen LogP) is 3.48. The van der Waals surface area contributed by atoms with E-state index >= 15 is 0 Å². The first-order valence-corrected chi connectivity index (χ1v) is 8.16. The van der Waals surface area contributed by atoms with Crippen molar-refractivity contribution in [3.63, 3.8) is 0 Å². The largest absolute Gasteiger partial charge is 0.273 e. The molecule has 27 heavy (non-hydrogen) atoms. The highest BCUT2D eigenvalue weighted by Crippen LogP contribution is 2.19. The molecule has 3 rings (SSSR count). The third-order valence-corrected chi connectivity index (χ3v) is 3.89. The molecule has 0 aliphatic heterocycles. The van der Waals surface area contributed by atoms with Gasteiger partial charge in [-0.05, 0) is 25.1 Å². The van der Waals surface area contributed by atoms with E-state index in [0.29, 0.717) is 17.0 Å². The summed E-state index contributed by atoms with van der Waals surface area (Å²) in [5, 5.41) is 15.3. The highest BCUT2D eigenvalue weighted by Gasteiger charge is 2.15. The number of pyridine rings is 1. The fourth-order valence-corrected chi connectivity index (χ4v) is 2.49. The lowest BCUT2D eigenvalue weighted by Crippen LogP contribution is -2.21. The van der Waals surface area contributed by atoms with E-state index < -0.39 is 10.8 Å². The number of hydrazone groups is 1. The number of nitrogens with zero attached hydrogens (tertiary/aromatic N) is 3. The molecule has 0 spiro atoms. The van der Waals surface area contributed by atoms with Crippen LogP contribution in [0.25, 0.3) is 0 Å². The van der Waals surface area contributed by atoms with Gasteiger partial charge in [0.25, 0.3) is 11.6 Å². The first-order valence-electron chi connectivity index (χ1n) is 8.16. The number of carbonyl (C=O) groups is 1. The number of rotatable bonds is 5. The average Bonchev–Trinajstić information content (AvgIpc) is 2.70. The monoisotopic (exact) mass is 360 g/mol. The number of amides is 1. The molecule has 2 aromatic carbocycles. The summed E-state index contributed by atoms with van der Waals surface area (Å²) in [6, 6.07) is 19.0.